The number of hydrogen-bond donors (Lipinski definition) is 2. The van der Waals surface area contributed by atoms with Gasteiger partial charge in [0.1, 0.15) is 5.75 Å². The Bertz CT molecular complexity index is 579. The topological polar surface area (TPSA) is 66.6 Å². The first-order valence-corrected chi connectivity index (χ1v) is 7.95. The molecule has 0 saturated carbocycles. The highest BCUT2D eigenvalue weighted by atomic mass is 35.5. The zero-order valence-electron chi connectivity index (χ0n) is 11.6. The van der Waals surface area contributed by atoms with Crippen molar-refractivity contribution >= 4 is 29.1 Å². The Hall–Kier alpha value is -0.970. The molecule has 3 N–H and O–H groups in total. The van der Waals surface area contributed by atoms with Gasteiger partial charge in [0.25, 0.3) is 0 Å². The number of amides is 1. The smallest absolute Gasteiger partial charge is 0.224 e. The van der Waals surface area contributed by atoms with Gasteiger partial charge in [-0.05, 0) is 31.4 Å². The average molecular weight is 329 g/mol. The second-order valence-corrected chi connectivity index (χ2v) is 6.75. The van der Waals surface area contributed by atoms with Crippen molar-refractivity contribution in [2.24, 2.45) is 5.73 Å². The highest BCUT2D eigenvalue weighted by Crippen LogP contribution is 2.44. The van der Waals surface area contributed by atoms with E-state index in [2.05, 4.69) is 0 Å². The summed E-state index contributed by atoms with van der Waals surface area (Å²) in [7, 11) is 0. The van der Waals surface area contributed by atoms with Crippen LogP contribution in [0.2, 0.25) is 10.0 Å². The molecule has 2 heterocycles. The minimum absolute atomic E-state index is 0.0273. The quantitative estimate of drug-likeness (QED) is 0.832. The number of fused-ring (bicyclic) bond motifs is 1. The maximum Gasteiger partial charge on any atom is 0.224 e. The number of carbonyl (C=O) groups is 1. The molecule has 3 atom stereocenters. The number of carbonyl (C=O) groups excluding carboxylic acids is 1. The largest absolute Gasteiger partial charge is 0.508 e. The Morgan fingerprint density at radius 2 is 2.05 bits per heavy atom. The average Bonchev–Trinajstić information content (AvgIpc) is 2.80. The summed E-state index contributed by atoms with van der Waals surface area (Å²) < 4.78 is 0. The zero-order chi connectivity index (χ0) is 15.1. The number of rotatable bonds is 1. The van der Waals surface area contributed by atoms with Crippen LogP contribution in [0.4, 0.5) is 0 Å². The van der Waals surface area contributed by atoms with Gasteiger partial charge in [0.2, 0.25) is 5.91 Å². The van der Waals surface area contributed by atoms with E-state index < -0.39 is 0 Å². The number of nitrogens with zero attached hydrogens (tertiary/aromatic N) is 1. The van der Waals surface area contributed by atoms with Gasteiger partial charge in [-0.2, -0.15) is 0 Å². The molecule has 2 saturated heterocycles. The molecule has 1 aromatic rings. The fourth-order valence-corrected chi connectivity index (χ4v) is 3.98. The van der Waals surface area contributed by atoms with Gasteiger partial charge in [-0.15, -0.1) is 0 Å². The van der Waals surface area contributed by atoms with Gasteiger partial charge in [-0.1, -0.05) is 23.2 Å². The highest BCUT2D eigenvalue weighted by molar-refractivity contribution is 6.42. The number of benzene rings is 1. The maximum absolute atomic E-state index is 12.2. The predicted octanol–water partition coefficient (Wildman–Crippen LogP) is 2.89. The number of aromatic hydroxyl groups is 1. The molecule has 1 aromatic carbocycles. The zero-order valence-corrected chi connectivity index (χ0v) is 13.1. The molecule has 2 fully saturated rings. The third-order valence-electron chi connectivity index (χ3n) is 4.56. The lowest BCUT2D eigenvalue weighted by molar-refractivity contribution is -0.131. The molecule has 0 unspecified atom stereocenters. The van der Waals surface area contributed by atoms with Gasteiger partial charge in [0.05, 0.1) is 10.0 Å². The molecule has 0 aliphatic carbocycles. The Labute approximate surface area is 133 Å². The number of phenolic OH excluding ortho intramolecular Hbond substituents is 1. The second kappa shape index (κ2) is 5.67. The predicted molar refractivity (Wildman–Crippen MR) is 82.8 cm³/mol. The molecule has 114 valence electrons. The summed E-state index contributed by atoms with van der Waals surface area (Å²) in [6.45, 7) is 0.573. The fraction of sp³-hybridized carbons (Fsp3) is 0.533. The first-order valence-electron chi connectivity index (χ1n) is 7.19. The van der Waals surface area contributed by atoms with Gasteiger partial charge in [-0.3, -0.25) is 4.79 Å². The summed E-state index contributed by atoms with van der Waals surface area (Å²) in [5.74, 6) is 0.279. The maximum atomic E-state index is 12.2. The van der Waals surface area contributed by atoms with E-state index in [9.17, 15) is 9.90 Å². The van der Waals surface area contributed by atoms with E-state index in [0.717, 1.165) is 19.3 Å². The lowest BCUT2D eigenvalue weighted by atomic mass is 9.93. The van der Waals surface area contributed by atoms with Crippen LogP contribution in [0.15, 0.2) is 12.1 Å². The van der Waals surface area contributed by atoms with E-state index in [0.29, 0.717) is 28.6 Å². The molecule has 2 aliphatic rings. The van der Waals surface area contributed by atoms with E-state index in [1.54, 1.807) is 12.1 Å². The van der Waals surface area contributed by atoms with Crippen LogP contribution in [0.1, 0.15) is 37.2 Å². The molecule has 0 bridgehead atoms. The van der Waals surface area contributed by atoms with Gasteiger partial charge in [-0.25, -0.2) is 0 Å². The van der Waals surface area contributed by atoms with Crippen LogP contribution in [0.5, 0.6) is 5.75 Å². The highest BCUT2D eigenvalue weighted by Gasteiger charge is 2.39. The summed E-state index contributed by atoms with van der Waals surface area (Å²) in [6.07, 6.45) is 2.96. The number of hydrogen-bond acceptors (Lipinski definition) is 3. The molecule has 3 rings (SSSR count). The van der Waals surface area contributed by atoms with E-state index in [1.807, 2.05) is 4.90 Å². The normalized spacial score (nSPS) is 29.4. The van der Waals surface area contributed by atoms with Crippen molar-refractivity contribution in [2.75, 3.05) is 6.54 Å². The molecule has 2 aliphatic heterocycles. The minimum atomic E-state index is -0.0373. The van der Waals surface area contributed by atoms with Crippen molar-refractivity contribution in [1.29, 1.82) is 0 Å². The summed E-state index contributed by atoms with van der Waals surface area (Å²) in [6, 6.07) is 3.29. The number of phenols is 1. The molecule has 4 nitrogen and oxygen atoms in total. The third kappa shape index (κ3) is 2.72. The van der Waals surface area contributed by atoms with Crippen molar-refractivity contribution in [2.45, 2.75) is 43.7 Å². The van der Waals surface area contributed by atoms with Crippen molar-refractivity contribution in [3.05, 3.63) is 27.7 Å². The Balaban J connectivity index is 1.88. The first kappa shape index (κ1) is 14.9. The molecular weight excluding hydrogens is 311 g/mol. The summed E-state index contributed by atoms with van der Waals surface area (Å²) >= 11 is 12.3. The van der Waals surface area contributed by atoms with Gasteiger partial charge >= 0.3 is 0 Å². The SMILES string of the molecule is N[C@@H]1CC[C@@H]2C[C@H](c3c(O)ccc(Cl)c3Cl)CN2C(=O)C1. The summed E-state index contributed by atoms with van der Waals surface area (Å²) in [4.78, 5) is 14.1. The first-order chi connectivity index (χ1) is 9.97. The van der Waals surface area contributed by atoms with E-state index in [-0.39, 0.29) is 29.7 Å². The number of halogens is 2. The lowest BCUT2D eigenvalue weighted by Crippen LogP contribution is -2.35. The van der Waals surface area contributed by atoms with Crippen LogP contribution in [-0.2, 0) is 4.79 Å². The van der Waals surface area contributed by atoms with Crippen LogP contribution < -0.4 is 5.73 Å². The summed E-state index contributed by atoms with van der Waals surface area (Å²) in [5.41, 5.74) is 6.58. The van der Waals surface area contributed by atoms with Crippen molar-refractivity contribution in [3.8, 4) is 5.75 Å². The lowest BCUT2D eigenvalue weighted by Gasteiger charge is -2.21. The van der Waals surface area contributed by atoms with Gasteiger partial charge < -0.3 is 15.7 Å². The van der Waals surface area contributed by atoms with Gasteiger partial charge in [0, 0.05) is 36.5 Å². The molecule has 1 amide bonds. The van der Waals surface area contributed by atoms with E-state index in [1.165, 1.54) is 0 Å². The van der Waals surface area contributed by atoms with Gasteiger partial charge in [0.15, 0.2) is 0 Å². The molecule has 6 heteroatoms. The minimum Gasteiger partial charge on any atom is -0.508 e. The Kier molecular flexibility index (Phi) is 4.04. The van der Waals surface area contributed by atoms with Crippen LogP contribution in [0.3, 0.4) is 0 Å². The molecular formula is C15H18Cl2N2O2. The second-order valence-electron chi connectivity index (χ2n) is 5.97. The van der Waals surface area contributed by atoms with Crippen molar-refractivity contribution in [3.63, 3.8) is 0 Å². The summed E-state index contributed by atoms with van der Waals surface area (Å²) in [5, 5.41) is 10.9. The fourth-order valence-electron chi connectivity index (χ4n) is 3.50. The molecule has 0 aromatic heterocycles. The molecule has 21 heavy (non-hydrogen) atoms. The van der Waals surface area contributed by atoms with Crippen LogP contribution >= 0.6 is 23.2 Å². The van der Waals surface area contributed by atoms with E-state index >= 15 is 0 Å². The Morgan fingerprint density at radius 3 is 2.81 bits per heavy atom. The van der Waals surface area contributed by atoms with Crippen molar-refractivity contribution in [1.82, 2.24) is 4.90 Å². The van der Waals surface area contributed by atoms with Crippen LogP contribution in [-0.4, -0.2) is 34.5 Å². The molecule has 0 spiro atoms. The third-order valence-corrected chi connectivity index (χ3v) is 5.38. The van der Waals surface area contributed by atoms with Crippen molar-refractivity contribution < 1.29 is 9.90 Å². The molecule has 0 radical (unpaired) electrons. The van der Waals surface area contributed by atoms with E-state index in [4.69, 9.17) is 28.9 Å². The standard InChI is InChI=1S/C15H18Cl2N2O2/c16-11-3-4-12(20)14(15(11)17)8-5-10-2-1-9(18)6-13(21)19(10)7-8/h3-4,8-10,20H,1-2,5-7,18H2/t8-,9+,10+/m0/s1. The van der Waals surface area contributed by atoms with Crippen LogP contribution in [0, 0.1) is 0 Å². The number of nitrogens with two attached hydrogens (primary N) is 1. The van der Waals surface area contributed by atoms with Crippen LogP contribution in [0.25, 0.3) is 0 Å². The Morgan fingerprint density at radius 1 is 1.29 bits per heavy atom. The monoisotopic (exact) mass is 328 g/mol.